The highest BCUT2D eigenvalue weighted by atomic mass is 19.1. The molecule has 19 heavy (non-hydrogen) atoms. The van der Waals surface area contributed by atoms with E-state index in [1.165, 1.54) is 29.2 Å². The maximum Gasteiger partial charge on any atom is 0.240 e. The zero-order valence-corrected chi connectivity index (χ0v) is 10.1. The average molecular weight is 261 g/mol. The molecule has 0 spiro atoms. The summed E-state index contributed by atoms with van der Waals surface area (Å²) in [5.74, 6) is -1.46. The third kappa shape index (κ3) is 1.36. The fourth-order valence-electron chi connectivity index (χ4n) is 3.56. The Labute approximate surface area is 109 Å². The molecular weight excluding hydrogens is 249 g/mol. The first-order chi connectivity index (χ1) is 9.16. The first kappa shape index (κ1) is 11.1. The lowest BCUT2D eigenvalue weighted by atomic mass is 9.81. The first-order valence-electron chi connectivity index (χ1n) is 6.45. The van der Waals surface area contributed by atoms with Gasteiger partial charge in [0.2, 0.25) is 11.8 Å². The first-order valence-corrected chi connectivity index (χ1v) is 6.45. The van der Waals surface area contributed by atoms with Gasteiger partial charge in [-0.1, -0.05) is 0 Å². The van der Waals surface area contributed by atoms with Gasteiger partial charge in [-0.15, -0.1) is 0 Å². The van der Waals surface area contributed by atoms with E-state index in [-0.39, 0.29) is 41.7 Å². The number of ether oxygens (including phenoxy) is 1. The van der Waals surface area contributed by atoms with Crippen molar-refractivity contribution < 1.29 is 18.7 Å². The monoisotopic (exact) mass is 261 g/mol. The molecule has 2 amide bonds. The van der Waals surface area contributed by atoms with Crippen molar-refractivity contribution in [3.05, 3.63) is 30.1 Å². The lowest BCUT2D eigenvalue weighted by Crippen LogP contribution is -2.34. The van der Waals surface area contributed by atoms with E-state index >= 15 is 0 Å². The van der Waals surface area contributed by atoms with E-state index in [2.05, 4.69) is 0 Å². The summed E-state index contributed by atoms with van der Waals surface area (Å²) < 4.78 is 18.6. The molecule has 3 aliphatic heterocycles. The van der Waals surface area contributed by atoms with Crippen LogP contribution in [0.1, 0.15) is 12.8 Å². The zero-order chi connectivity index (χ0) is 13.1. The molecule has 3 aliphatic rings. The highest BCUT2D eigenvalue weighted by Gasteiger charge is 2.62. The minimum Gasteiger partial charge on any atom is -0.373 e. The normalized spacial score (nSPS) is 36.2. The van der Waals surface area contributed by atoms with Gasteiger partial charge in [-0.2, -0.15) is 0 Å². The second kappa shape index (κ2) is 3.63. The van der Waals surface area contributed by atoms with Gasteiger partial charge < -0.3 is 4.74 Å². The number of carbonyl (C=O) groups is 2. The Morgan fingerprint density at radius 1 is 1.00 bits per heavy atom. The second-order valence-corrected chi connectivity index (χ2v) is 5.33. The Kier molecular flexibility index (Phi) is 2.12. The quantitative estimate of drug-likeness (QED) is 0.720. The van der Waals surface area contributed by atoms with Crippen LogP contribution in [0.2, 0.25) is 0 Å². The van der Waals surface area contributed by atoms with Crippen LogP contribution in [0.25, 0.3) is 0 Å². The van der Waals surface area contributed by atoms with Gasteiger partial charge in [0.25, 0.3) is 0 Å². The summed E-state index contributed by atoms with van der Waals surface area (Å²) in [5, 5.41) is 0. The topological polar surface area (TPSA) is 46.6 Å². The summed E-state index contributed by atoms with van der Waals surface area (Å²) in [4.78, 5) is 26.0. The van der Waals surface area contributed by atoms with Gasteiger partial charge in [0.05, 0.1) is 29.7 Å². The van der Waals surface area contributed by atoms with Gasteiger partial charge in [0.1, 0.15) is 5.82 Å². The van der Waals surface area contributed by atoms with Crippen LogP contribution in [0.5, 0.6) is 0 Å². The maximum atomic E-state index is 12.9. The number of carbonyl (C=O) groups excluding carboxylic acids is 2. The van der Waals surface area contributed by atoms with E-state index in [9.17, 15) is 14.0 Å². The van der Waals surface area contributed by atoms with Crippen molar-refractivity contribution in [1.29, 1.82) is 0 Å². The summed E-state index contributed by atoms with van der Waals surface area (Å²) in [7, 11) is 0. The number of halogens is 1. The largest absolute Gasteiger partial charge is 0.373 e. The molecule has 4 nitrogen and oxygen atoms in total. The van der Waals surface area contributed by atoms with Crippen molar-refractivity contribution in [1.82, 2.24) is 0 Å². The number of benzene rings is 1. The van der Waals surface area contributed by atoms with E-state index in [1.807, 2.05) is 0 Å². The third-order valence-electron chi connectivity index (χ3n) is 4.37. The van der Waals surface area contributed by atoms with Crippen LogP contribution in [-0.2, 0) is 14.3 Å². The average Bonchev–Trinajstić information content (AvgIpc) is 3.06. The standard InChI is InChI=1S/C14H12FNO3/c15-7-1-3-8(4-2-7)16-13(17)11-9-5-6-10(19-9)12(11)14(16)18/h1-4,9-12H,5-6H2/t9-,10?,11+,12?/m1/s1. The van der Waals surface area contributed by atoms with Gasteiger partial charge in [0.15, 0.2) is 0 Å². The molecule has 0 aromatic heterocycles. The van der Waals surface area contributed by atoms with E-state index in [0.29, 0.717) is 5.69 Å². The maximum absolute atomic E-state index is 12.9. The smallest absolute Gasteiger partial charge is 0.240 e. The number of imide groups is 1. The van der Waals surface area contributed by atoms with Gasteiger partial charge in [-0.05, 0) is 37.1 Å². The molecular formula is C14H12FNO3. The van der Waals surface area contributed by atoms with Crippen LogP contribution in [0.3, 0.4) is 0 Å². The van der Waals surface area contributed by atoms with Crippen LogP contribution < -0.4 is 4.90 Å². The molecule has 0 aliphatic carbocycles. The highest BCUT2D eigenvalue weighted by Crippen LogP contribution is 2.49. The highest BCUT2D eigenvalue weighted by molar-refractivity contribution is 6.22. The molecule has 3 fully saturated rings. The molecule has 1 aromatic rings. The number of nitrogens with zero attached hydrogens (tertiary/aromatic N) is 1. The number of anilines is 1. The van der Waals surface area contributed by atoms with Crippen LogP contribution in [0, 0.1) is 17.7 Å². The van der Waals surface area contributed by atoms with Crippen molar-refractivity contribution in [3.63, 3.8) is 0 Å². The lowest BCUT2D eigenvalue weighted by molar-refractivity contribution is -0.124. The van der Waals surface area contributed by atoms with E-state index in [0.717, 1.165) is 12.8 Å². The van der Waals surface area contributed by atoms with Crippen LogP contribution >= 0.6 is 0 Å². The van der Waals surface area contributed by atoms with Crippen molar-refractivity contribution in [2.45, 2.75) is 25.0 Å². The Hall–Kier alpha value is -1.75. The second-order valence-electron chi connectivity index (χ2n) is 5.33. The van der Waals surface area contributed by atoms with Gasteiger partial charge in [-0.3, -0.25) is 9.59 Å². The minimum atomic E-state index is -0.383. The third-order valence-corrected chi connectivity index (χ3v) is 4.37. The number of hydrogen-bond donors (Lipinski definition) is 0. The fourth-order valence-corrected chi connectivity index (χ4v) is 3.56. The summed E-state index contributed by atoms with van der Waals surface area (Å²) in [6, 6.07) is 5.45. The molecule has 4 atom stereocenters. The molecule has 1 aromatic carbocycles. The number of rotatable bonds is 1. The molecule has 0 saturated carbocycles. The number of amides is 2. The lowest BCUT2D eigenvalue weighted by Gasteiger charge is -2.17. The molecule has 2 bridgehead atoms. The molecule has 2 unspecified atom stereocenters. The number of fused-ring (bicyclic) bond motifs is 5. The fraction of sp³-hybridized carbons (Fsp3) is 0.429. The Morgan fingerprint density at radius 3 is 2.05 bits per heavy atom. The number of hydrogen-bond acceptors (Lipinski definition) is 3. The van der Waals surface area contributed by atoms with Gasteiger partial charge in [-0.25, -0.2) is 9.29 Å². The molecule has 0 N–H and O–H groups in total. The molecule has 98 valence electrons. The Bertz CT molecular complexity index is 543. The molecule has 4 rings (SSSR count). The van der Waals surface area contributed by atoms with Crippen LogP contribution in [-0.4, -0.2) is 24.0 Å². The molecule has 3 saturated heterocycles. The van der Waals surface area contributed by atoms with Crippen molar-refractivity contribution in [2.75, 3.05) is 4.90 Å². The summed E-state index contributed by atoms with van der Waals surface area (Å²) in [5.41, 5.74) is 0.449. The van der Waals surface area contributed by atoms with E-state index in [1.54, 1.807) is 0 Å². The summed E-state index contributed by atoms with van der Waals surface area (Å²) in [6.07, 6.45) is 1.47. The van der Waals surface area contributed by atoms with Crippen molar-refractivity contribution in [3.8, 4) is 0 Å². The molecule has 0 radical (unpaired) electrons. The van der Waals surface area contributed by atoms with Gasteiger partial charge >= 0.3 is 0 Å². The SMILES string of the molecule is O=C1C2C3CC[C@@H](O3)[C@@H]2C(=O)N1c1ccc(F)cc1. The summed E-state index contributed by atoms with van der Waals surface area (Å²) >= 11 is 0. The van der Waals surface area contributed by atoms with E-state index in [4.69, 9.17) is 4.74 Å². The minimum absolute atomic E-state index is 0.114. The van der Waals surface area contributed by atoms with Crippen molar-refractivity contribution >= 4 is 17.5 Å². The van der Waals surface area contributed by atoms with Crippen molar-refractivity contribution in [2.24, 2.45) is 11.8 Å². The Balaban J connectivity index is 1.73. The predicted octanol–water partition coefficient (Wildman–Crippen LogP) is 1.49. The zero-order valence-electron chi connectivity index (χ0n) is 10.1. The summed E-state index contributed by atoms with van der Waals surface area (Å²) in [6.45, 7) is 0. The Morgan fingerprint density at radius 2 is 1.53 bits per heavy atom. The predicted molar refractivity (Wildman–Crippen MR) is 63.8 cm³/mol. The molecule has 5 heteroatoms. The van der Waals surface area contributed by atoms with Gasteiger partial charge in [0, 0.05) is 0 Å². The van der Waals surface area contributed by atoms with E-state index < -0.39 is 0 Å². The van der Waals surface area contributed by atoms with Crippen LogP contribution in [0.4, 0.5) is 10.1 Å². The van der Waals surface area contributed by atoms with Crippen LogP contribution in [0.15, 0.2) is 24.3 Å². The molecule has 3 heterocycles.